The van der Waals surface area contributed by atoms with E-state index in [4.69, 9.17) is 0 Å². The Morgan fingerprint density at radius 2 is 2.19 bits per heavy atom. The minimum Gasteiger partial charge on any atom is -0.334 e. The predicted octanol–water partition coefficient (Wildman–Crippen LogP) is 1.99. The molecule has 6 heteroatoms. The van der Waals surface area contributed by atoms with Gasteiger partial charge in [0.25, 0.3) is 0 Å². The number of amides is 2. The van der Waals surface area contributed by atoms with Crippen molar-refractivity contribution in [3.8, 4) is 0 Å². The Labute approximate surface area is 124 Å². The highest BCUT2D eigenvalue weighted by atomic mass is 16.2. The number of nitrogens with zero attached hydrogens (tertiary/aromatic N) is 3. The average Bonchev–Trinajstić information content (AvgIpc) is 2.71. The first-order valence-corrected chi connectivity index (χ1v) is 6.92. The molecule has 0 fully saturated rings. The second kappa shape index (κ2) is 6.39. The molecule has 0 aliphatic heterocycles. The molecule has 0 bridgehead atoms. The second-order valence-corrected chi connectivity index (χ2v) is 5.12. The summed E-state index contributed by atoms with van der Waals surface area (Å²) in [5.74, 6) is 0. The van der Waals surface area contributed by atoms with Crippen LogP contribution in [0.5, 0.6) is 0 Å². The molecule has 2 heterocycles. The monoisotopic (exact) mass is 287 g/mol. The van der Waals surface area contributed by atoms with Crippen LogP contribution in [0.2, 0.25) is 0 Å². The van der Waals surface area contributed by atoms with E-state index in [1.165, 1.54) is 0 Å². The predicted molar refractivity (Wildman–Crippen MR) is 80.7 cm³/mol. The van der Waals surface area contributed by atoms with Crippen molar-refractivity contribution in [1.82, 2.24) is 25.4 Å². The van der Waals surface area contributed by atoms with Crippen molar-refractivity contribution in [2.75, 3.05) is 0 Å². The van der Waals surface area contributed by atoms with E-state index in [0.29, 0.717) is 6.54 Å². The molecule has 2 aromatic rings. The highest BCUT2D eigenvalue weighted by Gasteiger charge is 2.17. The molecule has 0 radical (unpaired) electrons. The van der Waals surface area contributed by atoms with Crippen molar-refractivity contribution in [3.05, 3.63) is 47.0 Å². The van der Waals surface area contributed by atoms with Gasteiger partial charge in [-0.15, -0.1) is 0 Å². The summed E-state index contributed by atoms with van der Waals surface area (Å²) >= 11 is 0. The van der Waals surface area contributed by atoms with Gasteiger partial charge >= 0.3 is 6.03 Å². The SMILES string of the molecule is Cc1nn(C)c(C)c1C(C)NC(=O)NCc1cccnc1. The van der Waals surface area contributed by atoms with Crippen molar-refractivity contribution in [2.24, 2.45) is 7.05 Å². The largest absolute Gasteiger partial charge is 0.334 e. The third kappa shape index (κ3) is 3.59. The number of carbonyl (C=O) groups is 1. The minimum absolute atomic E-state index is 0.0902. The number of aromatic nitrogens is 3. The molecule has 112 valence electrons. The van der Waals surface area contributed by atoms with E-state index in [0.717, 1.165) is 22.5 Å². The molecule has 2 N–H and O–H groups in total. The van der Waals surface area contributed by atoms with Crippen LogP contribution in [0.25, 0.3) is 0 Å². The van der Waals surface area contributed by atoms with Crippen LogP contribution < -0.4 is 10.6 Å². The molecule has 2 aromatic heterocycles. The van der Waals surface area contributed by atoms with Crippen LogP contribution in [-0.2, 0) is 13.6 Å². The number of pyridine rings is 1. The van der Waals surface area contributed by atoms with Gasteiger partial charge in [0.2, 0.25) is 0 Å². The maximum absolute atomic E-state index is 12.0. The number of hydrogen-bond acceptors (Lipinski definition) is 3. The standard InChI is InChI=1S/C15H21N5O/c1-10(14-11(2)19-20(4)12(14)3)18-15(21)17-9-13-6-5-7-16-8-13/h5-8,10H,9H2,1-4H3,(H2,17,18,21). The number of carbonyl (C=O) groups excluding carboxylic acids is 1. The third-order valence-corrected chi connectivity index (χ3v) is 3.52. The summed E-state index contributed by atoms with van der Waals surface area (Å²) in [5.41, 5.74) is 4.03. The van der Waals surface area contributed by atoms with E-state index < -0.39 is 0 Å². The quantitative estimate of drug-likeness (QED) is 0.903. The summed E-state index contributed by atoms with van der Waals surface area (Å²) in [6.07, 6.45) is 3.44. The Morgan fingerprint density at radius 1 is 1.43 bits per heavy atom. The van der Waals surface area contributed by atoms with Crippen LogP contribution in [0.15, 0.2) is 24.5 Å². The van der Waals surface area contributed by atoms with Gasteiger partial charge in [-0.05, 0) is 32.4 Å². The maximum atomic E-state index is 12.0. The van der Waals surface area contributed by atoms with Crippen LogP contribution in [0.4, 0.5) is 4.79 Å². The molecule has 2 rings (SSSR count). The van der Waals surface area contributed by atoms with Gasteiger partial charge in [-0.3, -0.25) is 9.67 Å². The summed E-state index contributed by atoms with van der Waals surface area (Å²) in [7, 11) is 1.90. The van der Waals surface area contributed by atoms with Gasteiger partial charge in [0.05, 0.1) is 11.7 Å². The number of hydrogen-bond donors (Lipinski definition) is 2. The van der Waals surface area contributed by atoms with E-state index in [9.17, 15) is 4.79 Å². The zero-order valence-electron chi connectivity index (χ0n) is 12.8. The van der Waals surface area contributed by atoms with Crippen molar-refractivity contribution < 1.29 is 4.79 Å². The van der Waals surface area contributed by atoms with Crippen molar-refractivity contribution in [2.45, 2.75) is 33.4 Å². The second-order valence-electron chi connectivity index (χ2n) is 5.12. The van der Waals surface area contributed by atoms with Crippen LogP contribution >= 0.6 is 0 Å². The molecule has 1 atom stereocenters. The molecular formula is C15H21N5O. The lowest BCUT2D eigenvalue weighted by molar-refractivity contribution is 0.237. The molecule has 0 aromatic carbocycles. The summed E-state index contributed by atoms with van der Waals surface area (Å²) < 4.78 is 1.83. The molecule has 0 saturated heterocycles. The zero-order valence-corrected chi connectivity index (χ0v) is 12.8. The van der Waals surface area contributed by atoms with Gasteiger partial charge in [-0.2, -0.15) is 5.10 Å². The molecule has 21 heavy (non-hydrogen) atoms. The third-order valence-electron chi connectivity index (χ3n) is 3.52. The van der Waals surface area contributed by atoms with Gasteiger partial charge in [-0.1, -0.05) is 6.07 Å². The lowest BCUT2D eigenvalue weighted by Gasteiger charge is -2.15. The first-order chi connectivity index (χ1) is 9.99. The number of nitrogens with one attached hydrogen (secondary N) is 2. The van der Waals surface area contributed by atoms with Gasteiger partial charge in [-0.25, -0.2) is 4.79 Å². The molecule has 0 spiro atoms. The molecule has 0 saturated carbocycles. The first kappa shape index (κ1) is 15.0. The Kier molecular flexibility index (Phi) is 4.57. The fourth-order valence-electron chi connectivity index (χ4n) is 2.42. The Bertz CT molecular complexity index is 620. The molecule has 0 aliphatic carbocycles. The van der Waals surface area contributed by atoms with Crippen molar-refractivity contribution >= 4 is 6.03 Å². The Morgan fingerprint density at radius 3 is 2.76 bits per heavy atom. The van der Waals surface area contributed by atoms with Crippen LogP contribution in [0.3, 0.4) is 0 Å². The van der Waals surface area contributed by atoms with E-state index in [2.05, 4.69) is 20.7 Å². The summed E-state index contributed by atoms with van der Waals surface area (Å²) in [5, 5.41) is 10.1. The van der Waals surface area contributed by atoms with Crippen molar-refractivity contribution in [1.29, 1.82) is 0 Å². The van der Waals surface area contributed by atoms with Gasteiger partial charge < -0.3 is 10.6 Å². The van der Waals surface area contributed by atoms with Gasteiger partial charge in [0.15, 0.2) is 0 Å². The van der Waals surface area contributed by atoms with Crippen LogP contribution in [0, 0.1) is 13.8 Å². The molecule has 2 amide bonds. The topological polar surface area (TPSA) is 71.8 Å². The van der Waals surface area contributed by atoms with Gasteiger partial charge in [0, 0.05) is 37.2 Å². The van der Waals surface area contributed by atoms with E-state index in [1.54, 1.807) is 12.4 Å². The van der Waals surface area contributed by atoms with Crippen LogP contribution in [0.1, 0.15) is 35.5 Å². The molecule has 0 aliphatic rings. The Hall–Kier alpha value is -2.37. The normalized spacial score (nSPS) is 12.0. The fraction of sp³-hybridized carbons (Fsp3) is 0.400. The summed E-state index contributed by atoms with van der Waals surface area (Å²) in [6, 6.07) is 3.48. The average molecular weight is 287 g/mol. The molecule has 1 unspecified atom stereocenters. The number of rotatable bonds is 4. The van der Waals surface area contributed by atoms with Crippen LogP contribution in [-0.4, -0.2) is 20.8 Å². The highest BCUT2D eigenvalue weighted by Crippen LogP contribution is 2.20. The number of urea groups is 1. The van der Waals surface area contributed by atoms with E-state index >= 15 is 0 Å². The smallest absolute Gasteiger partial charge is 0.315 e. The summed E-state index contributed by atoms with van der Waals surface area (Å²) in [4.78, 5) is 16.0. The lowest BCUT2D eigenvalue weighted by Crippen LogP contribution is -2.37. The number of aryl methyl sites for hydroxylation is 2. The van der Waals surface area contributed by atoms with E-state index in [1.807, 2.05) is 44.6 Å². The summed E-state index contributed by atoms with van der Waals surface area (Å²) in [6.45, 7) is 6.37. The minimum atomic E-state index is -0.200. The Balaban J connectivity index is 1.93. The molecule has 6 nitrogen and oxygen atoms in total. The lowest BCUT2D eigenvalue weighted by atomic mass is 10.1. The van der Waals surface area contributed by atoms with Crippen molar-refractivity contribution in [3.63, 3.8) is 0 Å². The van der Waals surface area contributed by atoms with E-state index in [-0.39, 0.29) is 12.1 Å². The molecular weight excluding hydrogens is 266 g/mol. The maximum Gasteiger partial charge on any atom is 0.315 e. The highest BCUT2D eigenvalue weighted by molar-refractivity contribution is 5.74. The fourth-order valence-corrected chi connectivity index (χ4v) is 2.42. The zero-order chi connectivity index (χ0) is 15.4. The van der Waals surface area contributed by atoms with Gasteiger partial charge in [0.1, 0.15) is 0 Å². The first-order valence-electron chi connectivity index (χ1n) is 6.92.